The van der Waals surface area contributed by atoms with Gasteiger partial charge in [0.2, 0.25) is 0 Å². The average molecular weight is 458 g/mol. The number of nitrogens with one attached hydrogen (secondary N) is 1. The SMILES string of the molecule is C/C(Cl)=C/CSC1=NC2C(C(=O)NC(=O)N2C)N1Cc1cccc(Br)c1. The van der Waals surface area contributed by atoms with E-state index in [4.69, 9.17) is 11.6 Å². The van der Waals surface area contributed by atoms with Crippen molar-refractivity contribution >= 4 is 56.4 Å². The number of aliphatic imine (C=N–C) groups is 1. The zero-order valence-corrected chi connectivity index (χ0v) is 17.4. The number of carbonyl (C=O) groups excluding carboxylic acids is 2. The summed E-state index contributed by atoms with van der Waals surface area (Å²) in [6.07, 6.45) is 1.37. The fourth-order valence-corrected chi connectivity index (χ4v) is 4.47. The number of thioether (sulfide) groups is 1. The lowest BCUT2D eigenvalue weighted by Gasteiger charge is -2.36. The summed E-state index contributed by atoms with van der Waals surface area (Å²) < 4.78 is 0.970. The summed E-state index contributed by atoms with van der Waals surface area (Å²) in [5.41, 5.74) is 1.05. The van der Waals surface area contributed by atoms with Crippen LogP contribution in [0.3, 0.4) is 0 Å². The quantitative estimate of drug-likeness (QED) is 0.753. The molecular weight excluding hydrogens is 440 g/mol. The lowest BCUT2D eigenvalue weighted by Crippen LogP contribution is -2.63. The van der Waals surface area contributed by atoms with Crippen molar-refractivity contribution in [3.8, 4) is 0 Å². The zero-order valence-electron chi connectivity index (χ0n) is 14.3. The molecule has 3 amide bonds. The van der Waals surface area contributed by atoms with Gasteiger partial charge in [0.05, 0.1) is 0 Å². The summed E-state index contributed by atoms with van der Waals surface area (Å²) in [6.45, 7) is 2.34. The Balaban J connectivity index is 1.88. The predicted molar refractivity (Wildman–Crippen MR) is 108 cm³/mol. The minimum Gasteiger partial charge on any atom is -0.331 e. The number of fused-ring (bicyclic) bond motifs is 1. The van der Waals surface area contributed by atoms with Crippen LogP contribution in [-0.2, 0) is 11.3 Å². The maximum Gasteiger partial charge on any atom is 0.325 e. The van der Waals surface area contributed by atoms with E-state index in [0.29, 0.717) is 17.3 Å². The first kappa shape index (κ1) is 19.3. The summed E-state index contributed by atoms with van der Waals surface area (Å²) in [5, 5.41) is 3.84. The van der Waals surface area contributed by atoms with Gasteiger partial charge in [-0.05, 0) is 24.6 Å². The van der Waals surface area contributed by atoms with Crippen LogP contribution in [-0.4, -0.2) is 51.9 Å². The van der Waals surface area contributed by atoms with Crippen LogP contribution in [0.2, 0.25) is 0 Å². The molecule has 0 saturated carbocycles. The molecular formula is C17H18BrClN4O2S. The second kappa shape index (κ2) is 8.02. The summed E-state index contributed by atoms with van der Waals surface area (Å²) >= 11 is 10.9. The number of hydrogen-bond acceptors (Lipinski definition) is 5. The predicted octanol–water partition coefficient (Wildman–Crippen LogP) is 3.37. The van der Waals surface area contributed by atoms with Crippen molar-refractivity contribution in [1.82, 2.24) is 15.1 Å². The Morgan fingerprint density at radius 1 is 1.46 bits per heavy atom. The van der Waals surface area contributed by atoms with Gasteiger partial charge in [-0.2, -0.15) is 0 Å². The van der Waals surface area contributed by atoms with Crippen LogP contribution in [0.4, 0.5) is 4.79 Å². The van der Waals surface area contributed by atoms with E-state index in [1.165, 1.54) is 16.7 Å². The molecule has 2 aliphatic rings. The minimum atomic E-state index is -0.541. The normalized spacial score (nSPS) is 23.1. The highest BCUT2D eigenvalue weighted by Crippen LogP contribution is 2.30. The monoisotopic (exact) mass is 456 g/mol. The van der Waals surface area contributed by atoms with Crippen molar-refractivity contribution in [2.24, 2.45) is 4.99 Å². The second-order valence-electron chi connectivity index (χ2n) is 6.04. The van der Waals surface area contributed by atoms with Crippen LogP contribution >= 0.6 is 39.3 Å². The molecule has 1 N–H and O–H groups in total. The molecule has 2 heterocycles. The van der Waals surface area contributed by atoms with Crippen LogP contribution < -0.4 is 5.32 Å². The third kappa shape index (κ3) is 4.07. The van der Waals surface area contributed by atoms with Crippen molar-refractivity contribution in [2.75, 3.05) is 12.8 Å². The van der Waals surface area contributed by atoms with Crippen LogP contribution in [0.25, 0.3) is 0 Å². The lowest BCUT2D eigenvalue weighted by molar-refractivity contribution is -0.127. The number of amidine groups is 1. The molecule has 0 radical (unpaired) electrons. The molecule has 1 aromatic rings. The molecule has 3 rings (SSSR count). The third-order valence-electron chi connectivity index (χ3n) is 4.14. The van der Waals surface area contributed by atoms with Gasteiger partial charge >= 0.3 is 6.03 Å². The van der Waals surface area contributed by atoms with E-state index in [-0.39, 0.29) is 5.91 Å². The van der Waals surface area contributed by atoms with Gasteiger partial charge in [0.1, 0.15) is 0 Å². The molecule has 1 aromatic carbocycles. The largest absolute Gasteiger partial charge is 0.331 e. The summed E-state index contributed by atoms with van der Waals surface area (Å²) in [5.74, 6) is 0.318. The van der Waals surface area contributed by atoms with Crippen LogP contribution in [0.15, 0.2) is 44.8 Å². The van der Waals surface area contributed by atoms with Gasteiger partial charge in [-0.15, -0.1) is 0 Å². The average Bonchev–Trinajstić information content (AvgIpc) is 2.92. The number of rotatable bonds is 4. The number of allylic oxidation sites excluding steroid dienone is 1. The number of amides is 3. The molecule has 1 saturated heterocycles. The first-order valence-electron chi connectivity index (χ1n) is 7.98. The van der Waals surface area contributed by atoms with Gasteiger partial charge in [-0.1, -0.05) is 57.5 Å². The Kier molecular flexibility index (Phi) is 5.94. The summed E-state index contributed by atoms with van der Waals surface area (Å²) in [7, 11) is 1.65. The van der Waals surface area contributed by atoms with E-state index >= 15 is 0 Å². The Morgan fingerprint density at radius 3 is 2.92 bits per heavy atom. The maximum atomic E-state index is 12.5. The van der Waals surface area contributed by atoms with Gasteiger partial charge in [-0.3, -0.25) is 10.1 Å². The number of benzene rings is 1. The first-order valence-corrected chi connectivity index (χ1v) is 10.1. The Bertz CT molecular complexity index is 797. The molecule has 6 nitrogen and oxygen atoms in total. The number of nitrogens with zero attached hydrogens (tertiary/aromatic N) is 3. The summed E-state index contributed by atoms with van der Waals surface area (Å²) in [4.78, 5) is 32.5. The molecule has 0 aliphatic carbocycles. The van der Waals surface area contributed by atoms with E-state index in [9.17, 15) is 9.59 Å². The van der Waals surface area contributed by atoms with Gasteiger partial charge in [0.25, 0.3) is 5.91 Å². The number of urea groups is 1. The zero-order chi connectivity index (χ0) is 18.8. The van der Waals surface area contributed by atoms with Gasteiger partial charge in [0.15, 0.2) is 17.4 Å². The van der Waals surface area contributed by atoms with Crippen LogP contribution in [0.5, 0.6) is 0 Å². The maximum absolute atomic E-state index is 12.5. The van der Waals surface area contributed by atoms with Gasteiger partial charge in [0, 0.05) is 28.9 Å². The van der Waals surface area contributed by atoms with Crippen molar-refractivity contribution < 1.29 is 9.59 Å². The van der Waals surface area contributed by atoms with E-state index in [1.54, 1.807) is 7.05 Å². The lowest BCUT2D eigenvalue weighted by atomic mass is 10.1. The Labute approximate surface area is 169 Å². The highest BCUT2D eigenvalue weighted by atomic mass is 79.9. The highest BCUT2D eigenvalue weighted by Gasteiger charge is 2.48. The molecule has 9 heteroatoms. The smallest absolute Gasteiger partial charge is 0.325 e. The van der Waals surface area contributed by atoms with Crippen molar-refractivity contribution in [3.05, 3.63) is 45.4 Å². The van der Waals surface area contributed by atoms with E-state index in [0.717, 1.165) is 15.2 Å². The minimum absolute atomic E-state index is 0.323. The second-order valence-corrected chi connectivity index (χ2v) is 8.53. The Morgan fingerprint density at radius 2 is 2.23 bits per heavy atom. The molecule has 0 spiro atoms. The number of likely N-dealkylation sites (N-methyl/N-ethyl adjacent to an activating group) is 1. The number of carbonyl (C=O) groups is 2. The van der Waals surface area contributed by atoms with Crippen molar-refractivity contribution in [3.63, 3.8) is 0 Å². The van der Waals surface area contributed by atoms with Gasteiger partial charge < -0.3 is 9.80 Å². The topological polar surface area (TPSA) is 65.0 Å². The van der Waals surface area contributed by atoms with E-state index in [2.05, 4.69) is 26.2 Å². The number of halogens is 2. The first-order chi connectivity index (χ1) is 12.4. The van der Waals surface area contributed by atoms with Crippen LogP contribution in [0, 0.1) is 0 Å². The molecule has 138 valence electrons. The molecule has 1 fully saturated rings. The van der Waals surface area contributed by atoms with Crippen LogP contribution in [0.1, 0.15) is 12.5 Å². The molecule has 0 aromatic heterocycles. The Hall–Kier alpha value is -1.51. The highest BCUT2D eigenvalue weighted by molar-refractivity contribution is 9.10. The molecule has 26 heavy (non-hydrogen) atoms. The van der Waals surface area contributed by atoms with Crippen molar-refractivity contribution in [2.45, 2.75) is 25.7 Å². The number of hydrogen-bond donors (Lipinski definition) is 1. The summed E-state index contributed by atoms with van der Waals surface area (Å²) in [6, 6.07) is 6.94. The number of imide groups is 1. The van der Waals surface area contributed by atoms with E-state index in [1.807, 2.05) is 42.2 Å². The van der Waals surface area contributed by atoms with E-state index < -0.39 is 18.2 Å². The standard InChI is InChI=1S/C17H18BrClN4O2S/c1-10(19)6-7-26-17-20-14-13(15(24)21-16(25)22(14)2)23(17)9-11-4-3-5-12(18)8-11/h3-6,8,13-14H,7,9H2,1-2H3,(H,21,24,25)/b10-6-. The molecule has 2 aliphatic heterocycles. The van der Waals surface area contributed by atoms with Crippen molar-refractivity contribution in [1.29, 1.82) is 0 Å². The fraction of sp³-hybridized carbons (Fsp3) is 0.353. The molecule has 2 atom stereocenters. The molecule has 2 unspecified atom stereocenters. The third-order valence-corrected chi connectivity index (χ3v) is 5.72. The molecule has 0 bridgehead atoms. The van der Waals surface area contributed by atoms with Gasteiger partial charge in [-0.25, -0.2) is 9.79 Å². The fourth-order valence-electron chi connectivity index (χ4n) is 2.85.